The van der Waals surface area contributed by atoms with Crippen molar-refractivity contribution in [1.82, 2.24) is 0 Å². The van der Waals surface area contributed by atoms with Gasteiger partial charge in [-0.3, -0.25) is 37.3 Å². The molecule has 0 rings (SSSR count). The highest BCUT2D eigenvalue weighted by Crippen LogP contribution is 2.45. The van der Waals surface area contributed by atoms with Crippen molar-refractivity contribution in [3.05, 3.63) is 0 Å². The van der Waals surface area contributed by atoms with Crippen molar-refractivity contribution in [2.24, 2.45) is 17.8 Å². The fourth-order valence-corrected chi connectivity index (χ4v) is 15.4. The first-order valence-electron chi connectivity index (χ1n) is 45.9. The number of hydrogen-bond donors (Lipinski definition) is 3. The van der Waals surface area contributed by atoms with Crippen molar-refractivity contribution in [2.75, 3.05) is 39.6 Å². The summed E-state index contributed by atoms with van der Waals surface area (Å²) in [5.41, 5.74) is 0. The van der Waals surface area contributed by atoms with Gasteiger partial charge in [0.1, 0.15) is 19.3 Å². The van der Waals surface area contributed by atoms with Crippen LogP contribution in [0.4, 0.5) is 0 Å². The van der Waals surface area contributed by atoms with Gasteiger partial charge in [-0.2, -0.15) is 0 Å². The van der Waals surface area contributed by atoms with Gasteiger partial charge in [0, 0.05) is 25.7 Å². The van der Waals surface area contributed by atoms with E-state index in [1.54, 1.807) is 0 Å². The lowest BCUT2D eigenvalue weighted by Crippen LogP contribution is -2.30. The highest BCUT2D eigenvalue weighted by atomic mass is 31.2. The quantitative estimate of drug-likeness (QED) is 0.0222. The van der Waals surface area contributed by atoms with Gasteiger partial charge in [-0.15, -0.1) is 0 Å². The number of hydrogen-bond acceptors (Lipinski definition) is 15. The minimum absolute atomic E-state index is 0.106. The number of aliphatic hydroxyl groups excluding tert-OH is 1. The van der Waals surface area contributed by atoms with E-state index in [2.05, 4.69) is 48.5 Å². The monoisotopic (exact) mass is 1580 g/mol. The van der Waals surface area contributed by atoms with E-state index < -0.39 is 97.5 Å². The Bertz CT molecular complexity index is 2080. The van der Waals surface area contributed by atoms with Crippen molar-refractivity contribution >= 4 is 39.5 Å². The van der Waals surface area contributed by atoms with Crippen LogP contribution in [0.3, 0.4) is 0 Å². The molecule has 17 nitrogen and oxygen atoms in total. The summed E-state index contributed by atoms with van der Waals surface area (Å²) in [5.74, 6) is 0.264. The van der Waals surface area contributed by atoms with Crippen molar-refractivity contribution < 1.29 is 80.2 Å². The Morgan fingerprint density at radius 1 is 0.269 bits per heavy atom. The van der Waals surface area contributed by atoms with Crippen molar-refractivity contribution in [2.45, 2.75) is 491 Å². The fourth-order valence-electron chi connectivity index (χ4n) is 13.9. The number of phosphoric acid groups is 2. The molecule has 642 valence electrons. The summed E-state index contributed by atoms with van der Waals surface area (Å²) in [4.78, 5) is 73.3. The van der Waals surface area contributed by atoms with E-state index in [4.69, 9.17) is 37.0 Å². The second-order valence-electron chi connectivity index (χ2n) is 33.2. The summed E-state index contributed by atoms with van der Waals surface area (Å²) >= 11 is 0. The van der Waals surface area contributed by atoms with Crippen LogP contribution < -0.4 is 0 Å². The van der Waals surface area contributed by atoms with Crippen LogP contribution in [-0.4, -0.2) is 96.7 Å². The fraction of sp³-hybridized carbons (Fsp3) is 0.955. The minimum atomic E-state index is -4.97. The summed E-state index contributed by atoms with van der Waals surface area (Å²) < 4.78 is 69.0. The molecule has 0 radical (unpaired) electrons. The van der Waals surface area contributed by atoms with Crippen LogP contribution in [0, 0.1) is 17.8 Å². The normalized spacial score (nSPS) is 14.1. The molecule has 0 bridgehead atoms. The van der Waals surface area contributed by atoms with E-state index in [0.717, 1.165) is 108 Å². The molecule has 0 spiro atoms. The molecule has 3 unspecified atom stereocenters. The lowest BCUT2D eigenvalue weighted by molar-refractivity contribution is -0.161. The summed E-state index contributed by atoms with van der Waals surface area (Å²) in [6.45, 7) is 12.0. The van der Waals surface area contributed by atoms with Gasteiger partial charge in [-0.25, -0.2) is 9.13 Å². The molecule has 3 N–H and O–H groups in total. The molecule has 0 aliphatic rings. The first-order chi connectivity index (χ1) is 52.3. The van der Waals surface area contributed by atoms with Gasteiger partial charge in [0.15, 0.2) is 12.2 Å². The van der Waals surface area contributed by atoms with Crippen LogP contribution >= 0.6 is 15.6 Å². The summed E-state index contributed by atoms with van der Waals surface area (Å²) in [5, 5.41) is 10.7. The van der Waals surface area contributed by atoms with Gasteiger partial charge >= 0.3 is 39.5 Å². The van der Waals surface area contributed by atoms with Gasteiger partial charge in [0.25, 0.3) is 0 Å². The minimum Gasteiger partial charge on any atom is -0.462 e. The molecular formula is C89H174O17P2. The maximum atomic E-state index is 13.2. The molecule has 0 aliphatic carbocycles. The predicted molar refractivity (Wildman–Crippen MR) is 446 cm³/mol. The number of esters is 4. The molecule has 6 atom stereocenters. The largest absolute Gasteiger partial charge is 0.472 e. The van der Waals surface area contributed by atoms with E-state index in [1.807, 2.05) is 0 Å². The maximum absolute atomic E-state index is 13.2. The molecule has 0 aromatic carbocycles. The number of carbonyl (C=O) groups excluding carboxylic acids is 4. The third-order valence-electron chi connectivity index (χ3n) is 21.2. The average molecular weight is 1580 g/mol. The van der Waals surface area contributed by atoms with Crippen molar-refractivity contribution in [3.63, 3.8) is 0 Å². The zero-order valence-corrected chi connectivity index (χ0v) is 73.1. The third-order valence-corrected chi connectivity index (χ3v) is 23.1. The van der Waals surface area contributed by atoms with Gasteiger partial charge in [-0.05, 0) is 43.4 Å². The van der Waals surface area contributed by atoms with Gasteiger partial charge in [-0.1, -0.05) is 421 Å². The van der Waals surface area contributed by atoms with E-state index in [1.165, 1.54) is 283 Å². The number of ether oxygens (including phenoxy) is 4. The molecular weight excluding hydrogens is 1400 g/mol. The van der Waals surface area contributed by atoms with E-state index in [-0.39, 0.29) is 25.7 Å². The standard InChI is InChI=1S/C89H174O17P2/c1-8-10-11-12-13-14-15-16-17-18-19-20-21-25-28-31-34-42-49-56-63-70-86(91)99-76-84(105-88(93)72-65-58-51-43-35-32-29-26-23-22-24-27-30-33-41-48-55-62-69-82(7)9-2)78-103-107(95,96)101-74-83(90)75-102-108(97,98)104-79-85(77-100-87(92)71-64-57-50-45-38-40-47-54-61-68-81(5)6)106-89(94)73-66-59-52-44-37-36-39-46-53-60-67-80(3)4/h80-85,90H,8-79H2,1-7H3,(H,95,96)(H,97,98)/t82?,83-,84-,85-/m1/s1. The Balaban J connectivity index is 5.22. The second-order valence-corrected chi connectivity index (χ2v) is 36.1. The summed E-state index contributed by atoms with van der Waals surface area (Å²) in [6, 6.07) is 0. The van der Waals surface area contributed by atoms with Crippen LogP contribution in [0.2, 0.25) is 0 Å². The van der Waals surface area contributed by atoms with Crippen LogP contribution in [0.25, 0.3) is 0 Å². The third kappa shape index (κ3) is 80.7. The number of unbranched alkanes of at least 4 members (excludes halogenated alkanes) is 54. The molecule has 0 saturated carbocycles. The van der Waals surface area contributed by atoms with Crippen LogP contribution in [0.1, 0.15) is 472 Å². The summed E-state index contributed by atoms with van der Waals surface area (Å²) in [6.07, 6.45) is 71.0. The SMILES string of the molecule is CCCCCCCCCCCCCCCCCCCCCCCC(=O)OC[C@H](COP(=O)(O)OC[C@@H](O)COP(=O)(O)OC[C@@H](COC(=O)CCCCCCCCCCCC(C)C)OC(=O)CCCCCCCCCCCCC(C)C)OC(=O)CCCCCCCCCCCCCCCCCCCCC(C)CC. The van der Waals surface area contributed by atoms with Crippen molar-refractivity contribution in [1.29, 1.82) is 0 Å². The number of rotatable bonds is 87. The Morgan fingerprint density at radius 2 is 0.472 bits per heavy atom. The number of phosphoric ester groups is 2. The highest BCUT2D eigenvalue weighted by Gasteiger charge is 2.31. The van der Waals surface area contributed by atoms with Gasteiger partial charge in [0.05, 0.1) is 26.4 Å². The van der Waals surface area contributed by atoms with Crippen LogP contribution in [-0.2, 0) is 65.4 Å². The average Bonchev–Trinajstić information content (AvgIpc) is 0.892. The molecule has 19 heteroatoms. The molecule has 0 aromatic rings. The Kier molecular flexibility index (Phi) is 77.5. The Morgan fingerprint density at radius 3 is 0.704 bits per heavy atom. The van der Waals surface area contributed by atoms with Crippen LogP contribution in [0.5, 0.6) is 0 Å². The Hall–Kier alpha value is -1.94. The first-order valence-corrected chi connectivity index (χ1v) is 48.9. The molecule has 0 heterocycles. The van der Waals surface area contributed by atoms with Crippen LogP contribution in [0.15, 0.2) is 0 Å². The Labute approximate surface area is 664 Å². The molecule has 0 aromatic heterocycles. The topological polar surface area (TPSA) is 237 Å². The highest BCUT2D eigenvalue weighted by molar-refractivity contribution is 7.47. The summed E-state index contributed by atoms with van der Waals surface area (Å²) in [7, 11) is -9.93. The molecule has 0 amide bonds. The molecule has 0 fully saturated rings. The smallest absolute Gasteiger partial charge is 0.462 e. The maximum Gasteiger partial charge on any atom is 0.472 e. The second kappa shape index (κ2) is 78.9. The lowest BCUT2D eigenvalue weighted by Gasteiger charge is -2.21. The predicted octanol–water partition coefficient (Wildman–Crippen LogP) is 27.3. The van der Waals surface area contributed by atoms with Crippen molar-refractivity contribution in [3.8, 4) is 0 Å². The van der Waals surface area contributed by atoms with Gasteiger partial charge < -0.3 is 33.8 Å². The molecule has 0 aliphatic heterocycles. The molecule has 0 saturated heterocycles. The molecule has 108 heavy (non-hydrogen) atoms. The van der Waals surface area contributed by atoms with Gasteiger partial charge in [0.2, 0.25) is 0 Å². The zero-order valence-electron chi connectivity index (χ0n) is 71.3. The zero-order chi connectivity index (χ0) is 79.3. The van der Waals surface area contributed by atoms with E-state index in [9.17, 15) is 43.2 Å². The first kappa shape index (κ1) is 106. The number of aliphatic hydroxyl groups is 1. The van der Waals surface area contributed by atoms with E-state index in [0.29, 0.717) is 25.7 Å². The lowest BCUT2D eigenvalue weighted by atomic mass is 9.99. The number of carbonyl (C=O) groups is 4. The van der Waals surface area contributed by atoms with E-state index >= 15 is 0 Å².